The predicted molar refractivity (Wildman–Crippen MR) is 191 cm³/mol. The van der Waals surface area contributed by atoms with E-state index in [1.165, 1.54) is 0 Å². The van der Waals surface area contributed by atoms with E-state index < -0.39 is 53.7 Å². The summed E-state index contributed by atoms with van der Waals surface area (Å²) in [5.74, 6) is 0.0431. The van der Waals surface area contributed by atoms with Crippen molar-refractivity contribution in [3.8, 4) is 5.75 Å². The van der Waals surface area contributed by atoms with Crippen LogP contribution in [0.1, 0.15) is 44.7 Å². The molecule has 3 aromatic rings. The summed E-state index contributed by atoms with van der Waals surface area (Å²) in [6.45, 7) is 5.03. The standard InChI is InChI=1S/C38H49N3O7S/c1-38(2,3)48-25-33(43)39-29(22-26-14-7-4-8-15-26)35(44)36(45)30(23-27-16-9-5-10-17-27)40-37(46)34(31-20-13-21-49-31)41-32(42)24-47-28-18-11-6-12-19-28/h4-12,14-19,29-31,34-36,44-45H,13,20-25H2,1-3H3,(H,39,43)(H,40,46)(H,41,42)/t29-,30-,31?,34-,35+,36+/m0/s1. The first-order valence-electron chi connectivity index (χ1n) is 16.7. The summed E-state index contributed by atoms with van der Waals surface area (Å²) >= 11 is 1.61. The molecule has 1 saturated heterocycles. The Balaban J connectivity index is 1.54. The first kappa shape index (κ1) is 37.9. The van der Waals surface area contributed by atoms with Crippen LogP contribution in [0.3, 0.4) is 0 Å². The molecule has 3 aromatic carbocycles. The molecular weight excluding hydrogens is 642 g/mol. The zero-order valence-corrected chi connectivity index (χ0v) is 29.2. The van der Waals surface area contributed by atoms with Gasteiger partial charge in [0.1, 0.15) is 30.6 Å². The van der Waals surface area contributed by atoms with Crippen molar-refractivity contribution < 1.29 is 34.1 Å². The SMILES string of the molecule is CC(C)(C)OCC(=O)N[C@@H](Cc1ccccc1)[C@@H](O)[C@H](O)[C@H](Cc1ccccc1)NC(=O)[C@@H](NC(=O)COc1ccccc1)C1CCCS1. The minimum absolute atomic E-state index is 0.173. The van der Waals surface area contributed by atoms with Crippen LogP contribution in [-0.2, 0) is 32.0 Å². The maximum Gasteiger partial charge on any atom is 0.258 e. The Morgan fingerprint density at radius 3 is 1.78 bits per heavy atom. The quantitative estimate of drug-likeness (QED) is 0.145. The van der Waals surface area contributed by atoms with Crippen LogP contribution >= 0.6 is 11.8 Å². The number of thioether (sulfide) groups is 1. The highest BCUT2D eigenvalue weighted by Crippen LogP contribution is 2.29. The minimum Gasteiger partial charge on any atom is -0.484 e. The van der Waals surface area contributed by atoms with Crippen molar-refractivity contribution in [2.24, 2.45) is 0 Å². The molecule has 49 heavy (non-hydrogen) atoms. The molecule has 1 aliphatic heterocycles. The van der Waals surface area contributed by atoms with Crippen LogP contribution in [0, 0.1) is 0 Å². The van der Waals surface area contributed by atoms with Gasteiger partial charge in [0.2, 0.25) is 11.8 Å². The first-order chi connectivity index (χ1) is 23.5. The molecule has 0 saturated carbocycles. The van der Waals surface area contributed by atoms with Crippen LogP contribution in [0.25, 0.3) is 0 Å². The zero-order valence-electron chi connectivity index (χ0n) is 28.4. The van der Waals surface area contributed by atoms with Crippen molar-refractivity contribution >= 4 is 29.5 Å². The van der Waals surface area contributed by atoms with E-state index in [-0.39, 0.29) is 31.3 Å². The van der Waals surface area contributed by atoms with Gasteiger partial charge >= 0.3 is 0 Å². The Morgan fingerprint density at radius 2 is 1.27 bits per heavy atom. The average molecular weight is 692 g/mol. The number of carbonyl (C=O) groups is 3. The molecule has 0 radical (unpaired) electrons. The van der Waals surface area contributed by atoms with Gasteiger partial charge < -0.3 is 35.6 Å². The van der Waals surface area contributed by atoms with Gasteiger partial charge in [0.05, 0.1) is 17.7 Å². The highest BCUT2D eigenvalue weighted by molar-refractivity contribution is 8.00. The number of amides is 3. The Bertz CT molecular complexity index is 1450. The fourth-order valence-corrected chi connectivity index (χ4v) is 6.96. The second-order valence-electron chi connectivity index (χ2n) is 13.2. The summed E-state index contributed by atoms with van der Waals surface area (Å²) in [6, 6.07) is 24.9. The van der Waals surface area contributed by atoms with E-state index in [1.54, 1.807) is 36.0 Å². The number of nitrogens with one attached hydrogen (secondary N) is 3. The maximum atomic E-state index is 14.0. The maximum absolute atomic E-state index is 14.0. The Kier molecular flexibility index (Phi) is 14.5. The van der Waals surface area contributed by atoms with Crippen molar-refractivity contribution in [1.82, 2.24) is 16.0 Å². The van der Waals surface area contributed by atoms with Crippen molar-refractivity contribution in [1.29, 1.82) is 0 Å². The Morgan fingerprint density at radius 1 is 0.755 bits per heavy atom. The third-order valence-electron chi connectivity index (χ3n) is 8.13. The average Bonchev–Trinajstić information content (AvgIpc) is 3.63. The van der Waals surface area contributed by atoms with Crippen LogP contribution in [0.15, 0.2) is 91.0 Å². The summed E-state index contributed by atoms with van der Waals surface area (Å²) in [4.78, 5) is 40.0. The second kappa shape index (κ2) is 18.7. The van der Waals surface area contributed by atoms with Gasteiger partial charge in [-0.05, 0) is 75.5 Å². The number of carbonyl (C=O) groups excluding carboxylic acids is 3. The molecule has 3 amide bonds. The number of aliphatic hydroxyl groups excluding tert-OH is 2. The van der Waals surface area contributed by atoms with Gasteiger partial charge in [-0.25, -0.2) is 0 Å². The van der Waals surface area contributed by atoms with Crippen LogP contribution in [-0.4, -0.2) is 88.1 Å². The number of para-hydroxylation sites is 1. The van der Waals surface area contributed by atoms with Crippen molar-refractivity contribution in [3.63, 3.8) is 0 Å². The topological polar surface area (TPSA) is 146 Å². The highest BCUT2D eigenvalue weighted by Gasteiger charge is 2.38. The van der Waals surface area contributed by atoms with E-state index in [4.69, 9.17) is 9.47 Å². The van der Waals surface area contributed by atoms with Gasteiger partial charge in [0.25, 0.3) is 5.91 Å². The molecule has 10 nitrogen and oxygen atoms in total. The molecular formula is C38H49N3O7S. The lowest BCUT2D eigenvalue weighted by atomic mass is 9.90. The van der Waals surface area contributed by atoms with Crippen LogP contribution in [0.5, 0.6) is 5.75 Å². The smallest absolute Gasteiger partial charge is 0.258 e. The van der Waals surface area contributed by atoms with Gasteiger partial charge in [0, 0.05) is 5.25 Å². The molecule has 1 unspecified atom stereocenters. The van der Waals surface area contributed by atoms with Gasteiger partial charge in [-0.15, -0.1) is 0 Å². The molecule has 264 valence electrons. The zero-order chi connectivity index (χ0) is 35.2. The van der Waals surface area contributed by atoms with E-state index in [0.29, 0.717) is 5.75 Å². The van der Waals surface area contributed by atoms with E-state index in [2.05, 4.69) is 16.0 Å². The fraction of sp³-hybridized carbons (Fsp3) is 0.447. The predicted octanol–water partition coefficient (Wildman–Crippen LogP) is 3.44. The second-order valence-corrected chi connectivity index (χ2v) is 14.6. The van der Waals surface area contributed by atoms with Crippen molar-refractivity contribution in [3.05, 3.63) is 102 Å². The molecule has 6 atom stereocenters. The van der Waals surface area contributed by atoms with Crippen molar-refractivity contribution in [2.75, 3.05) is 19.0 Å². The molecule has 1 fully saturated rings. The monoisotopic (exact) mass is 691 g/mol. The Hall–Kier alpha value is -3.90. The molecule has 0 aliphatic carbocycles. The number of hydrogen-bond acceptors (Lipinski definition) is 8. The highest BCUT2D eigenvalue weighted by atomic mass is 32.2. The molecule has 0 spiro atoms. The molecule has 0 aromatic heterocycles. The lowest BCUT2D eigenvalue weighted by Gasteiger charge is -2.34. The van der Waals surface area contributed by atoms with E-state index in [1.807, 2.05) is 87.5 Å². The van der Waals surface area contributed by atoms with Gasteiger partial charge in [0.15, 0.2) is 6.61 Å². The van der Waals surface area contributed by atoms with Crippen LogP contribution in [0.4, 0.5) is 0 Å². The van der Waals surface area contributed by atoms with Crippen molar-refractivity contribution in [2.45, 2.75) is 87.6 Å². The normalized spacial score (nSPS) is 17.6. The molecule has 1 heterocycles. The number of hydrogen-bond donors (Lipinski definition) is 5. The lowest BCUT2D eigenvalue weighted by Crippen LogP contribution is -2.61. The Labute approximate surface area is 293 Å². The minimum atomic E-state index is -1.49. The molecule has 0 bridgehead atoms. The number of ether oxygens (including phenoxy) is 2. The van der Waals surface area contributed by atoms with E-state index in [9.17, 15) is 24.6 Å². The summed E-state index contributed by atoms with van der Waals surface area (Å²) in [5, 5.41) is 32.0. The summed E-state index contributed by atoms with van der Waals surface area (Å²) < 4.78 is 11.3. The van der Waals surface area contributed by atoms with Gasteiger partial charge in [-0.3, -0.25) is 14.4 Å². The lowest BCUT2D eigenvalue weighted by molar-refractivity contribution is -0.134. The van der Waals surface area contributed by atoms with Crippen LogP contribution < -0.4 is 20.7 Å². The molecule has 1 aliphatic rings. The molecule has 4 rings (SSSR count). The van der Waals surface area contributed by atoms with E-state index in [0.717, 1.165) is 29.7 Å². The third-order valence-corrected chi connectivity index (χ3v) is 9.59. The number of rotatable bonds is 17. The summed E-state index contributed by atoms with van der Waals surface area (Å²) in [6.07, 6.45) is -0.898. The van der Waals surface area contributed by atoms with Gasteiger partial charge in [-0.2, -0.15) is 11.8 Å². The van der Waals surface area contributed by atoms with Gasteiger partial charge in [-0.1, -0.05) is 78.9 Å². The first-order valence-corrected chi connectivity index (χ1v) is 17.8. The number of benzene rings is 3. The number of aliphatic hydroxyl groups is 2. The van der Waals surface area contributed by atoms with E-state index >= 15 is 0 Å². The third kappa shape index (κ3) is 12.8. The summed E-state index contributed by atoms with van der Waals surface area (Å²) in [7, 11) is 0. The van der Waals surface area contributed by atoms with Crippen LogP contribution in [0.2, 0.25) is 0 Å². The molecule has 11 heteroatoms. The largest absolute Gasteiger partial charge is 0.484 e. The summed E-state index contributed by atoms with van der Waals surface area (Å²) in [5.41, 5.74) is 1.12. The molecule has 5 N–H and O–H groups in total. The fourth-order valence-electron chi connectivity index (χ4n) is 5.60.